The van der Waals surface area contributed by atoms with Gasteiger partial charge in [-0.25, -0.2) is 4.98 Å². The first-order valence-corrected chi connectivity index (χ1v) is 12.0. The van der Waals surface area contributed by atoms with Crippen molar-refractivity contribution < 1.29 is 22.8 Å². The highest BCUT2D eigenvalue weighted by Gasteiger charge is 2.30. The Morgan fingerprint density at radius 2 is 1.83 bits per heavy atom. The molecule has 1 aromatic heterocycles. The fraction of sp³-hybridized carbons (Fsp3) is 0.370. The summed E-state index contributed by atoms with van der Waals surface area (Å²) >= 11 is 0. The van der Waals surface area contributed by atoms with E-state index in [1.54, 1.807) is 6.07 Å². The monoisotopic (exact) mass is 498 g/mol. The number of pyridine rings is 1. The maximum atomic E-state index is 12.7. The van der Waals surface area contributed by atoms with Crippen LogP contribution < -0.4 is 15.5 Å². The molecule has 2 heterocycles. The van der Waals surface area contributed by atoms with E-state index in [-0.39, 0.29) is 30.2 Å². The lowest BCUT2D eigenvalue weighted by molar-refractivity contribution is -0.137. The second kappa shape index (κ2) is 10.6. The SMILES string of the molecule is CC(C)C(=O)NC1CCN(c2ccc3cc(NC(=O)CCc4ccc(C(F)(F)F)cc4)ccc3n2)C1. The quantitative estimate of drug-likeness (QED) is 0.471. The number of nitrogens with one attached hydrogen (secondary N) is 2. The number of nitrogens with zero attached hydrogens (tertiary/aromatic N) is 2. The minimum atomic E-state index is -4.37. The number of carbonyl (C=O) groups is 2. The Bertz CT molecular complexity index is 1240. The minimum absolute atomic E-state index is 0.0441. The molecular formula is C27H29F3N4O2. The average Bonchev–Trinajstić information content (AvgIpc) is 3.30. The Kier molecular flexibility index (Phi) is 7.47. The van der Waals surface area contributed by atoms with Crippen LogP contribution in [0, 0.1) is 5.92 Å². The number of anilines is 2. The van der Waals surface area contributed by atoms with Gasteiger partial charge in [0.15, 0.2) is 0 Å². The highest BCUT2D eigenvalue weighted by Crippen LogP contribution is 2.29. The van der Waals surface area contributed by atoms with Gasteiger partial charge in [-0.2, -0.15) is 13.2 Å². The Morgan fingerprint density at radius 1 is 1.08 bits per heavy atom. The highest BCUT2D eigenvalue weighted by atomic mass is 19.4. The first kappa shape index (κ1) is 25.5. The molecule has 0 aliphatic carbocycles. The average molecular weight is 499 g/mol. The topological polar surface area (TPSA) is 74.3 Å². The molecule has 1 atom stereocenters. The number of hydrogen-bond acceptors (Lipinski definition) is 4. The molecule has 36 heavy (non-hydrogen) atoms. The van der Waals surface area contributed by atoms with Gasteiger partial charge in [-0.05, 0) is 60.9 Å². The van der Waals surface area contributed by atoms with Gasteiger partial charge < -0.3 is 15.5 Å². The van der Waals surface area contributed by atoms with Crippen molar-refractivity contribution in [2.24, 2.45) is 5.92 Å². The largest absolute Gasteiger partial charge is 0.416 e. The highest BCUT2D eigenvalue weighted by molar-refractivity contribution is 5.94. The predicted octanol–water partition coefficient (Wildman–Crippen LogP) is 5.18. The van der Waals surface area contributed by atoms with Gasteiger partial charge in [0, 0.05) is 42.5 Å². The van der Waals surface area contributed by atoms with E-state index in [1.165, 1.54) is 12.1 Å². The third-order valence-electron chi connectivity index (χ3n) is 6.26. The van der Waals surface area contributed by atoms with Crippen LogP contribution in [0.5, 0.6) is 0 Å². The van der Waals surface area contributed by atoms with Gasteiger partial charge in [0.25, 0.3) is 0 Å². The van der Waals surface area contributed by atoms with Gasteiger partial charge in [-0.3, -0.25) is 9.59 Å². The molecule has 1 saturated heterocycles. The molecule has 1 unspecified atom stereocenters. The van der Waals surface area contributed by atoms with Crippen molar-refractivity contribution in [2.45, 2.75) is 45.3 Å². The second-order valence-electron chi connectivity index (χ2n) is 9.41. The number of hydrogen-bond donors (Lipinski definition) is 2. The first-order valence-electron chi connectivity index (χ1n) is 12.0. The van der Waals surface area contributed by atoms with Crippen molar-refractivity contribution in [1.29, 1.82) is 0 Å². The van der Waals surface area contributed by atoms with Crippen molar-refractivity contribution in [3.8, 4) is 0 Å². The summed E-state index contributed by atoms with van der Waals surface area (Å²) in [6, 6.07) is 14.3. The first-order chi connectivity index (χ1) is 17.1. The van der Waals surface area contributed by atoms with Crippen LogP contribution in [0.2, 0.25) is 0 Å². The molecule has 1 aliphatic heterocycles. The molecular weight excluding hydrogens is 469 g/mol. The van der Waals surface area contributed by atoms with E-state index >= 15 is 0 Å². The predicted molar refractivity (Wildman–Crippen MR) is 134 cm³/mol. The lowest BCUT2D eigenvalue weighted by Gasteiger charge is -2.19. The van der Waals surface area contributed by atoms with E-state index in [9.17, 15) is 22.8 Å². The standard InChI is InChI=1S/C27H29F3N4O2/c1-17(2)26(36)32-22-13-14-34(16-22)24-11-6-19-15-21(9-10-23(19)33-24)31-25(35)12-5-18-3-7-20(8-4-18)27(28,29)30/h3-4,6-11,15,17,22H,5,12-14,16H2,1-2H3,(H,31,35)(H,32,36). The number of fused-ring (bicyclic) bond motifs is 1. The van der Waals surface area contributed by atoms with Crippen LogP contribution in [0.15, 0.2) is 54.6 Å². The minimum Gasteiger partial charge on any atom is -0.354 e. The molecule has 6 nitrogen and oxygen atoms in total. The van der Waals surface area contributed by atoms with Gasteiger partial charge >= 0.3 is 6.18 Å². The zero-order valence-corrected chi connectivity index (χ0v) is 20.2. The third kappa shape index (κ3) is 6.33. The van der Waals surface area contributed by atoms with E-state index in [1.807, 2.05) is 38.1 Å². The summed E-state index contributed by atoms with van der Waals surface area (Å²) < 4.78 is 38.1. The summed E-state index contributed by atoms with van der Waals surface area (Å²) in [5, 5.41) is 6.80. The van der Waals surface area contributed by atoms with Gasteiger partial charge in [0.05, 0.1) is 11.1 Å². The van der Waals surface area contributed by atoms with Crippen molar-refractivity contribution in [2.75, 3.05) is 23.3 Å². The number of halogens is 3. The number of amides is 2. The zero-order chi connectivity index (χ0) is 25.9. The Balaban J connectivity index is 1.33. The molecule has 1 fully saturated rings. The smallest absolute Gasteiger partial charge is 0.354 e. The van der Waals surface area contributed by atoms with Gasteiger partial charge in [0.2, 0.25) is 11.8 Å². The molecule has 0 saturated carbocycles. The molecule has 3 aromatic rings. The van der Waals surface area contributed by atoms with Gasteiger partial charge in [-0.1, -0.05) is 26.0 Å². The van der Waals surface area contributed by atoms with Gasteiger partial charge in [-0.15, -0.1) is 0 Å². The number of carbonyl (C=O) groups excluding carboxylic acids is 2. The number of rotatable bonds is 7. The maximum absolute atomic E-state index is 12.7. The van der Waals surface area contributed by atoms with E-state index < -0.39 is 11.7 Å². The molecule has 0 spiro atoms. The molecule has 2 N–H and O–H groups in total. The molecule has 9 heteroatoms. The van der Waals surface area contributed by atoms with Crippen molar-refractivity contribution in [3.63, 3.8) is 0 Å². The summed E-state index contributed by atoms with van der Waals surface area (Å²) in [6.45, 7) is 5.28. The summed E-state index contributed by atoms with van der Waals surface area (Å²) in [5.74, 6) is 0.641. The Morgan fingerprint density at radius 3 is 2.53 bits per heavy atom. The molecule has 190 valence electrons. The molecule has 2 amide bonds. The van der Waals surface area contributed by atoms with Crippen molar-refractivity contribution >= 4 is 34.2 Å². The number of alkyl halides is 3. The van der Waals surface area contributed by atoms with Gasteiger partial charge in [0.1, 0.15) is 5.82 Å². The van der Waals surface area contributed by atoms with Crippen LogP contribution in [0.3, 0.4) is 0 Å². The number of aromatic nitrogens is 1. The van der Waals surface area contributed by atoms with Crippen molar-refractivity contribution in [3.05, 3.63) is 65.7 Å². The third-order valence-corrected chi connectivity index (χ3v) is 6.26. The van der Waals surface area contributed by atoms with Crippen LogP contribution >= 0.6 is 0 Å². The Labute approximate surface area is 207 Å². The summed E-state index contributed by atoms with van der Waals surface area (Å²) in [6.07, 6.45) is -3.00. The summed E-state index contributed by atoms with van der Waals surface area (Å²) in [7, 11) is 0. The number of benzene rings is 2. The Hall–Kier alpha value is -3.62. The molecule has 1 aliphatic rings. The number of aryl methyl sites for hydroxylation is 1. The van der Waals surface area contributed by atoms with Crippen LogP contribution in [0.4, 0.5) is 24.7 Å². The van der Waals surface area contributed by atoms with E-state index in [0.717, 1.165) is 41.8 Å². The molecule has 0 radical (unpaired) electrons. The van der Waals surface area contributed by atoms with Crippen LogP contribution in [0.25, 0.3) is 10.9 Å². The fourth-order valence-corrected chi connectivity index (χ4v) is 4.16. The summed E-state index contributed by atoms with van der Waals surface area (Å²) in [4.78, 5) is 31.3. The van der Waals surface area contributed by atoms with E-state index in [0.29, 0.717) is 24.2 Å². The second-order valence-corrected chi connectivity index (χ2v) is 9.41. The molecule has 0 bridgehead atoms. The fourth-order valence-electron chi connectivity index (χ4n) is 4.16. The van der Waals surface area contributed by atoms with Crippen LogP contribution in [-0.2, 0) is 22.2 Å². The summed E-state index contributed by atoms with van der Waals surface area (Å²) in [5.41, 5.74) is 1.39. The molecule has 4 rings (SSSR count). The van der Waals surface area contributed by atoms with E-state index in [4.69, 9.17) is 4.98 Å². The molecule has 2 aromatic carbocycles. The lowest BCUT2D eigenvalue weighted by atomic mass is 10.1. The lowest BCUT2D eigenvalue weighted by Crippen LogP contribution is -2.39. The normalized spacial score (nSPS) is 15.9. The van der Waals surface area contributed by atoms with Crippen LogP contribution in [0.1, 0.15) is 37.8 Å². The zero-order valence-electron chi connectivity index (χ0n) is 20.2. The van der Waals surface area contributed by atoms with E-state index in [2.05, 4.69) is 15.5 Å². The maximum Gasteiger partial charge on any atom is 0.416 e. The van der Waals surface area contributed by atoms with Crippen molar-refractivity contribution in [1.82, 2.24) is 10.3 Å². The van der Waals surface area contributed by atoms with Crippen LogP contribution in [-0.4, -0.2) is 35.9 Å².